The summed E-state index contributed by atoms with van der Waals surface area (Å²) in [6.07, 6.45) is 8.50. The molecule has 5 heteroatoms. The molecule has 0 spiro atoms. The number of pyridine rings is 1. The fourth-order valence-electron chi connectivity index (χ4n) is 3.31. The van der Waals surface area contributed by atoms with E-state index >= 15 is 0 Å². The van der Waals surface area contributed by atoms with Gasteiger partial charge < -0.3 is 10.6 Å². The monoisotopic (exact) mass is 287 g/mol. The number of hydrogen-bond donors (Lipinski definition) is 2. The van der Waals surface area contributed by atoms with Crippen LogP contribution in [-0.4, -0.2) is 22.8 Å². The molecule has 1 aliphatic heterocycles. The number of nitrogens with zero attached hydrogens (tertiary/aromatic N) is 1. The molecule has 2 aliphatic rings. The highest BCUT2D eigenvalue weighted by atomic mass is 16.2. The summed E-state index contributed by atoms with van der Waals surface area (Å²) in [5, 5.41) is 5.68. The topological polar surface area (TPSA) is 71.1 Å². The minimum Gasteiger partial charge on any atom is -0.342 e. The van der Waals surface area contributed by atoms with Crippen molar-refractivity contribution in [1.29, 1.82) is 0 Å². The van der Waals surface area contributed by atoms with E-state index in [1.54, 1.807) is 18.3 Å². The van der Waals surface area contributed by atoms with Crippen LogP contribution in [0.4, 0.5) is 0 Å². The van der Waals surface area contributed by atoms with E-state index in [0.717, 1.165) is 6.42 Å². The minimum absolute atomic E-state index is 0.0872. The highest BCUT2D eigenvalue weighted by Gasteiger charge is 2.36. The lowest BCUT2D eigenvalue weighted by Gasteiger charge is -2.32. The number of carbonyl (C=O) groups excluding carboxylic acids is 2. The third-order valence-electron chi connectivity index (χ3n) is 4.46. The van der Waals surface area contributed by atoms with Crippen LogP contribution in [0.3, 0.4) is 0 Å². The molecule has 2 atom stereocenters. The Kier molecular flexibility index (Phi) is 4.18. The third-order valence-corrected chi connectivity index (χ3v) is 4.46. The molecule has 1 saturated carbocycles. The maximum absolute atomic E-state index is 12.2. The lowest BCUT2D eigenvalue weighted by Crippen LogP contribution is -2.58. The van der Waals surface area contributed by atoms with Crippen molar-refractivity contribution < 1.29 is 9.59 Å². The molecule has 0 bridgehead atoms. The van der Waals surface area contributed by atoms with Crippen LogP contribution >= 0.6 is 0 Å². The molecular formula is C16H21N3O2. The summed E-state index contributed by atoms with van der Waals surface area (Å²) in [5.74, 6) is 0.311. The zero-order valence-electron chi connectivity index (χ0n) is 12.0. The van der Waals surface area contributed by atoms with Gasteiger partial charge in [0.15, 0.2) is 6.04 Å². The molecule has 1 saturated heterocycles. The number of rotatable bonds is 3. The first-order chi connectivity index (χ1) is 10.2. The summed E-state index contributed by atoms with van der Waals surface area (Å²) < 4.78 is 0. The van der Waals surface area contributed by atoms with Gasteiger partial charge in [-0.25, -0.2) is 0 Å². The Labute approximate surface area is 124 Å². The third kappa shape index (κ3) is 3.23. The van der Waals surface area contributed by atoms with E-state index in [4.69, 9.17) is 0 Å². The number of nitrogens with one attached hydrogen (secondary N) is 2. The first-order valence-electron chi connectivity index (χ1n) is 7.76. The van der Waals surface area contributed by atoms with Crippen molar-refractivity contribution in [3.8, 4) is 0 Å². The van der Waals surface area contributed by atoms with E-state index in [0.29, 0.717) is 11.6 Å². The van der Waals surface area contributed by atoms with Crippen molar-refractivity contribution in [3.05, 3.63) is 30.1 Å². The summed E-state index contributed by atoms with van der Waals surface area (Å²) in [7, 11) is 0. The van der Waals surface area contributed by atoms with Crippen molar-refractivity contribution >= 4 is 11.8 Å². The summed E-state index contributed by atoms with van der Waals surface area (Å²) in [4.78, 5) is 28.6. The molecule has 112 valence electrons. The standard InChI is InChI=1S/C16H21N3O2/c20-15-13(10-11-6-2-1-3-7-11)18-16(21)14(19-15)12-8-4-5-9-17-12/h4-5,8-9,11,13-14H,1-3,6-7,10H2,(H,18,21)(H,19,20)/t13-,14?/m0/s1. The highest BCUT2D eigenvalue weighted by molar-refractivity contribution is 5.97. The maximum Gasteiger partial charge on any atom is 0.249 e. The fraction of sp³-hybridized carbons (Fsp3) is 0.562. The highest BCUT2D eigenvalue weighted by Crippen LogP contribution is 2.28. The minimum atomic E-state index is -0.665. The Morgan fingerprint density at radius 1 is 1.05 bits per heavy atom. The molecule has 1 aromatic rings. The second-order valence-electron chi connectivity index (χ2n) is 6.00. The van der Waals surface area contributed by atoms with Crippen LogP contribution in [0.25, 0.3) is 0 Å². The molecule has 1 unspecified atom stereocenters. The molecule has 0 aromatic carbocycles. The number of piperazine rings is 1. The van der Waals surface area contributed by atoms with Crippen LogP contribution < -0.4 is 10.6 Å². The zero-order valence-corrected chi connectivity index (χ0v) is 12.0. The Hall–Kier alpha value is -1.91. The van der Waals surface area contributed by atoms with Crippen molar-refractivity contribution in [2.75, 3.05) is 0 Å². The van der Waals surface area contributed by atoms with Crippen LogP contribution in [0.1, 0.15) is 50.3 Å². The SMILES string of the molecule is O=C1N[C@@H](CC2CCCCC2)C(=O)NC1c1ccccn1. The van der Waals surface area contributed by atoms with Gasteiger partial charge in [-0.3, -0.25) is 14.6 Å². The average molecular weight is 287 g/mol. The van der Waals surface area contributed by atoms with E-state index in [-0.39, 0.29) is 17.9 Å². The number of carbonyl (C=O) groups is 2. The van der Waals surface area contributed by atoms with Crippen LogP contribution in [0.5, 0.6) is 0 Å². The van der Waals surface area contributed by atoms with Gasteiger partial charge in [0.25, 0.3) is 0 Å². The predicted octanol–water partition coefficient (Wildman–Crippen LogP) is 1.71. The largest absolute Gasteiger partial charge is 0.342 e. The van der Waals surface area contributed by atoms with Gasteiger partial charge in [0, 0.05) is 6.20 Å². The Morgan fingerprint density at radius 3 is 2.57 bits per heavy atom. The first kappa shape index (κ1) is 14.0. The van der Waals surface area contributed by atoms with E-state index < -0.39 is 6.04 Å². The second-order valence-corrected chi connectivity index (χ2v) is 6.00. The average Bonchev–Trinajstić information content (AvgIpc) is 2.52. The van der Waals surface area contributed by atoms with Gasteiger partial charge in [-0.1, -0.05) is 38.2 Å². The van der Waals surface area contributed by atoms with Gasteiger partial charge >= 0.3 is 0 Å². The first-order valence-corrected chi connectivity index (χ1v) is 7.76. The van der Waals surface area contributed by atoms with E-state index in [9.17, 15) is 9.59 Å². The number of amides is 2. The second kappa shape index (κ2) is 6.24. The molecule has 2 heterocycles. The van der Waals surface area contributed by atoms with Crippen LogP contribution in [-0.2, 0) is 9.59 Å². The molecule has 21 heavy (non-hydrogen) atoms. The van der Waals surface area contributed by atoms with Crippen molar-refractivity contribution in [1.82, 2.24) is 15.6 Å². The quantitative estimate of drug-likeness (QED) is 0.889. The van der Waals surface area contributed by atoms with Gasteiger partial charge in [-0.05, 0) is 24.5 Å². The molecule has 2 amide bonds. The normalized spacial score (nSPS) is 27.0. The van der Waals surface area contributed by atoms with Crippen molar-refractivity contribution in [2.24, 2.45) is 5.92 Å². The van der Waals surface area contributed by atoms with Crippen LogP contribution in [0.2, 0.25) is 0 Å². The van der Waals surface area contributed by atoms with Gasteiger partial charge in [-0.2, -0.15) is 0 Å². The lowest BCUT2D eigenvalue weighted by molar-refractivity contribution is -0.137. The molecule has 2 N–H and O–H groups in total. The van der Waals surface area contributed by atoms with Crippen molar-refractivity contribution in [2.45, 2.75) is 50.6 Å². The molecule has 1 aromatic heterocycles. The number of aromatic nitrogens is 1. The molecule has 3 rings (SSSR count). The Bertz CT molecular complexity index is 512. The van der Waals surface area contributed by atoms with Gasteiger partial charge in [0.05, 0.1) is 5.69 Å². The van der Waals surface area contributed by atoms with Gasteiger partial charge in [0.2, 0.25) is 11.8 Å². The smallest absolute Gasteiger partial charge is 0.249 e. The molecule has 0 radical (unpaired) electrons. The van der Waals surface area contributed by atoms with E-state index in [1.165, 1.54) is 32.1 Å². The van der Waals surface area contributed by atoms with Gasteiger partial charge in [0.1, 0.15) is 6.04 Å². The van der Waals surface area contributed by atoms with Crippen LogP contribution in [0, 0.1) is 5.92 Å². The Balaban J connectivity index is 1.64. The summed E-state index contributed by atoms with van der Waals surface area (Å²) in [6, 6.07) is 4.31. The van der Waals surface area contributed by atoms with Gasteiger partial charge in [-0.15, -0.1) is 0 Å². The Morgan fingerprint density at radius 2 is 1.86 bits per heavy atom. The van der Waals surface area contributed by atoms with Crippen LogP contribution in [0.15, 0.2) is 24.4 Å². The summed E-state index contributed by atoms with van der Waals surface area (Å²) in [5.41, 5.74) is 0.583. The molecule has 2 fully saturated rings. The molecule has 5 nitrogen and oxygen atoms in total. The zero-order chi connectivity index (χ0) is 14.7. The van der Waals surface area contributed by atoms with Crippen molar-refractivity contribution in [3.63, 3.8) is 0 Å². The summed E-state index contributed by atoms with van der Waals surface area (Å²) >= 11 is 0. The summed E-state index contributed by atoms with van der Waals surface area (Å²) in [6.45, 7) is 0. The molecule has 1 aliphatic carbocycles. The van der Waals surface area contributed by atoms with E-state index in [2.05, 4.69) is 15.6 Å². The van der Waals surface area contributed by atoms with E-state index in [1.807, 2.05) is 6.07 Å². The lowest BCUT2D eigenvalue weighted by atomic mass is 9.84. The predicted molar refractivity (Wildman–Crippen MR) is 78.2 cm³/mol. The fourth-order valence-corrected chi connectivity index (χ4v) is 3.31. The number of hydrogen-bond acceptors (Lipinski definition) is 3. The molecular weight excluding hydrogens is 266 g/mol. The maximum atomic E-state index is 12.2.